The monoisotopic (exact) mass is 377 g/mol. The molecule has 0 bridgehead atoms. The second-order valence-corrected chi connectivity index (χ2v) is 8.16. The molecule has 0 unspecified atom stereocenters. The Bertz CT molecular complexity index is 830. The molecule has 1 heterocycles. The number of rotatable bonds is 8. The summed E-state index contributed by atoms with van der Waals surface area (Å²) in [5.74, 6) is -0.222. The van der Waals surface area contributed by atoms with E-state index in [2.05, 4.69) is 20.1 Å². The molecular formula is C17H23N5O3S. The van der Waals surface area contributed by atoms with Gasteiger partial charge in [0.15, 0.2) is 0 Å². The van der Waals surface area contributed by atoms with Gasteiger partial charge in [0.25, 0.3) is 5.91 Å². The van der Waals surface area contributed by atoms with Gasteiger partial charge in [0.1, 0.15) is 12.7 Å². The van der Waals surface area contributed by atoms with Gasteiger partial charge in [-0.1, -0.05) is 18.9 Å². The van der Waals surface area contributed by atoms with Crippen molar-refractivity contribution >= 4 is 15.9 Å². The van der Waals surface area contributed by atoms with Crippen molar-refractivity contribution < 1.29 is 13.2 Å². The van der Waals surface area contributed by atoms with Crippen molar-refractivity contribution in [3.8, 4) is 0 Å². The molecule has 1 aromatic carbocycles. The lowest BCUT2D eigenvalue weighted by molar-refractivity contribution is 0.0937. The van der Waals surface area contributed by atoms with Gasteiger partial charge < -0.3 is 5.32 Å². The Kier molecular flexibility index (Phi) is 6.00. The fourth-order valence-corrected chi connectivity index (χ4v) is 4.14. The predicted octanol–water partition coefficient (Wildman–Crippen LogP) is 1.32. The standard InChI is InChI=1S/C17H23N5O3S/c23-17(21-15-6-1-2-7-15)14-5-3-8-16(11-14)26(24,25)20-9-4-10-22-13-18-12-19-22/h3,5,8,11-13,15,20H,1-2,4,6-7,9-10H2,(H,21,23). The molecule has 8 nitrogen and oxygen atoms in total. The molecule has 1 aliphatic rings. The molecule has 1 fully saturated rings. The van der Waals surface area contributed by atoms with Crippen molar-refractivity contribution in [3.05, 3.63) is 42.5 Å². The molecule has 0 spiro atoms. The van der Waals surface area contributed by atoms with Crippen molar-refractivity contribution in [3.63, 3.8) is 0 Å². The molecule has 26 heavy (non-hydrogen) atoms. The van der Waals surface area contributed by atoms with Gasteiger partial charge >= 0.3 is 0 Å². The molecule has 9 heteroatoms. The van der Waals surface area contributed by atoms with Crippen LogP contribution in [0.15, 0.2) is 41.8 Å². The third-order valence-electron chi connectivity index (χ3n) is 4.42. The van der Waals surface area contributed by atoms with Crippen molar-refractivity contribution in [2.24, 2.45) is 0 Å². The third kappa shape index (κ3) is 4.89. The van der Waals surface area contributed by atoms with Gasteiger partial charge in [0, 0.05) is 24.7 Å². The van der Waals surface area contributed by atoms with Crippen LogP contribution in [0.4, 0.5) is 0 Å². The highest BCUT2D eigenvalue weighted by Crippen LogP contribution is 2.18. The fraction of sp³-hybridized carbons (Fsp3) is 0.471. The first-order valence-corrected chi connectivity index (χ1v) is 10.3. The second-order valence-electron chi connectivity index (χ2n) is 6.39. The van der Waals surface area contributed by atoms with Gasteiger partial charge in [0.2, 0.25) is 10.0 Å². The summed E-state index contributed by atoms with van der Waals surface area (Å²) in [7, 11) is -3.66. The van der Waals surface area contributed by atoms with E-state index in [0.717, 1.165) is 25.7 Å². The number of nitrogens with one attached hydrogen (secondary N) is 2. The SMILES string of the molecule is O=C(NC1CCCC1)c1cccc(S(=O)(=O)NCCCn2cncn2)c1. The molecule has 3 rings (SSSR count). The van der Waals surface area contributed by atoms with Crippen LogP contribution in [0.3, 0.4) is 0 Å². The number of amides is 1. The molecule has 1 aliphatic carbocycles. The molecular weight excluding hydrogens is 354 g/mol. The van der Waals surface area contributed by atoms with E-state index < -0.39 is 10.0 Å². The minimum Gasteiger partial charge on any atom is -0.349 e. The zero-order valence-electron chi connectivity index (χ0n) is 14.5. The number of aryl methyl sites for hydroxylation is 1. The maximum atomic E-state index is 12.4. The van der Waals surface area contributed by atoms with Crippen LogP contribution < -0.4 is 10.0 Å². The van der Waals surface area contributed by atoms with Crippen LogP contribution in [0, 0.1) is 0 Å². The maximum Gasteiger partial charge on any atom is 0.251 e. The first kappa shape index (κ1) is 18.5. The smallest absolute Gasteiger partial charge is 0.251 e. The summed E-state index contributed by atoms with van der Waals surface area (Å²) in [6.07, 6.45) is 7.82. The summed E-state index contributed by atoms with van der Waals surface area (Å²) < 4.78 is 29.1. The van der Waals surface area contributed by atoms with Gasteiger partial charge in [-0.15, -0.1) is 0 Å². The number of hydrogen-bond donors (Lipinski definition) is 2. The Hall–Kier alpha value is -2.26. The molecule has 2 N–H and O–H groups in total. The number of nitrogens with zero attached hydrogens (tertiary/aromatic N) is 3. The maximum absolute atomic E-state index is 12.4. The lowest BCUT2D eigenvalue weighted by atomic mass is 10.2. The predicted molar refractivity (Wildman–Crippen MR) is 96.0 cm³/mol. The lowest BCUT2D eigenvalue weighted by Crippen LogP contribution is -2.32. The van der Waals surface area contributed by atoms with Crippen LogP contribution in [-0.4, -0.2) is 41.7 Å². The van der Waals surface area contributed by atoms with E-state index in [4.69, 9.17) is 0 Å². The quantitative estimate of drug-likeness (QED) is 0.675. The highest BCUT2D eigenvalue weighted by Gasteiger charge is 2.20. The van der Waals surface area contributed by atoms with Gasteiger partial charge in [-0.3, -0.25) is 9.48 Å². The Morgan fingerprint density at radius 1 is 1.27 bits per heavy atom. The topological polar surface area (TPSA) is 106 Å². The first-order valence-electron chi connectivity index (χ1n) is 8.77. The highest BCUT2D eigenvalue weighted by atomic mass is 32.2. The number of carbonyl (C=O) groups is 1. The van der Waals surface area contributed by atoms with Crippen LogP contribution in [0.5, 0.6) is 0 Å². The van der Waals surface area contributed by atoms with Crippen LogP contribution >= 0.6 is 0 Å². The Balaban J connectivity index is 1.57. The molecule has 0 saturated heterocycles. The molecule has 0 radical (unpaired) electrons. The molecule has 0 atom stereocenters. The van der Waals surface area contributed by atoms with Crippen molar-refractivity contribution in [2.75, 3.05) is 6.54 Å². The molecule has 1 aromatic heterocycles. The van der Waals surface area contributed by atoms with E-state index >= 15 is 0 Å². The van der Waals surface area contributed by atoms with Crippen LogP contribution in [0.25, 0.3) is 0 Å². The van der Waals surface area contributed by atoms with Gasteiger partial charge in [-0.2, -0.15) is 5.10 Å². The van der Waals surface area contributed by atoms with Crippen molar-refractivity contribution in [1.82, 2.24) is 24.8 Å². The van der Waals surface area contributed by atoms with Crippen LogP contribution in [0.2, 0.25) is 0 Å². The number of benzene rings is 1. The van der Waals surface area contributed by atoms with E-state index in [9.17, 15) is 13.2 Å². The molecule has 1 amide bonds. The largest absolute Gasteiger partial charge is 0.349 e. The number of carbonyl (C=O) groups excluding carboxylic acids is 1. The normalized spacial score (nSPS) is 15.2. The van der Waals surface area contributed by atoms with E-state index in [1.54, 1.807) is 23.1 Å². The van der Waals surface area contributed by atoms with E-state index in [0.29, 0.717) is 18.5 Å². The summed E-state index contributed by atoms with van der Waals surface area (Å²) in [6, 6.07) is 6.33. The fourth-order valence-electron chi connectivity index (χ4n) is 3.02. The number of sulfonamides is 1. The van der Waals surface area contributed by atoms with Gasteiger partial charge in [-0.25, -0.2) is 18.1 Å². The second kappa shape index (κ2) is 8.41. The average molecular weight is 377 g/mol. The minimum absolute atomic E-state index is 0.0947. The number of aromatic nitrogens is 3. The summed E-state index contributed by atoms with van der Waals surface area (Å²) in [5, 5.41) is 6.94. The Morgan fingerprint density at radius 2 is 2.08 bits per heavy atom. The van der Waals surface area contributed by atoms with Crippen molar-refractivity contribution in [2.45, 2.75) is 49.6 Å². The van der Waals surface area contributed by atoms with E-state index in [1.165, 1.54) is 18.5 Å². The molecule has 1 saturated carbocycles. The number of hydrogen-bond acceptors (Lipinski definition) is 5. The zero-order chi connectivity index (χ0) is 18.4. The lowest BCUT2D eigenvalue weighted by Gasteiger charge is -2.13. The summed E-state index contributed by atoms with van der Waals surface area (Å²) >= 11 is 0. The average Bonchev–Trinajstić information content (AvgIpc) is 3.33. The summed E-state index contributed by atoms with van der Waals surface area (Å²) in [4.78, 5) is 16.3. The molecule has 0 aliphatic heterocycles. The zero-order valence-corrected chi connectivity index (χ0v) is 15.3. The Labute approximate surface area is 153 Å². The highest BCUT2D eigenvalue weighted by molar-refractivity contribution is 7.89. The summed E-state index contributed by atoms with van der Waals surface area (Å²) in [6.45, 7) is 0.854. The van der Waals surface area contributed by atoms with Crippen molar-refractivity contribution in [1.29, 1.82) is 0 Å². The van der Waals surface area contributed by atoms with Crippen LogP contribution in [0.1, 0.15) is 42.5 Å². The third-order valence-corrected chi connectivity index (χ3v) is 5.88. The minimum atomic E-state index is -3.66. The van der Waals surface area contributed by atoms with E-state index in [-0.39, 0.29) is 23.4 Å². The van der Waals surface area contributed by atoms with Gasteiger partial charge in [0.05, 0.1) is 4.90 Å². The summed E-state index contributed by atoms with van der Waals surface area (Å²) in [5.41, 5.74) is 0.363. The van der Waals surface area contributed by atoms with E-state index in [1.807, 2.05) is 0 Å². The molecule has 2 aromatic rings. The van der Waals surface area contributed by atoms with Gasteiger partial charge in [-0.05, 0) is 37.5 Å². The first-order chi connectivity index (χ1) is 12.5. The van der Waals surface area contributed by atoms with Crippen LogP contribution in [-0.2, 0) is 16.6 Å². The molecule has 140 valence electrons. The Morgan fingerprint density at radius 3 is 2.81 bits per heavy atom.